The topological polar surface area (TPSA) is 275 Å². The van der Waals surface area contributed by atoms with Gasteiger partial charge in [-0.2, -0.15) is 20.7 Å². The number of halogens is 1. The fourth-order valence-electron chi connectivity index (χ4n) is 7.18. The van der Waals surface area contributed by atoms with Crippen LogP contribution in [0.4, 0.5) is 40.2 Å². The van der Waals surface area contributed by atoms with Crippen LogP contribution in [0.25, 0.3) is 22.8 Å². The number of nitrogens with zero attached hydrogens (tertiary/aromatic N) is 12. The Labute approximate surface area is 412 Å². The minimum atomic E-state index is 0.0242. The second-order valence-corrected chi connectivity index (χ2v) is 16.6. The zero-order chi connectivity index (χ0) is 50.0. The number of benzene rings is 2. The van der Waals surface area contributed by atoms with E-state index in [-0.39, 0.29) is 23.4 Å². The summed E-state index contributed by atoms with van der Waals surface area (Å²) in [4.78, 5) is 50.7. The summed E-state index contributed by atoms with van der Waals surface area (Å²) in [5, 5.41) is 36.3. The van der Waals surface area contributed by atoms with Crippen molar-refractivity contribution in [2.45, 2.75) is 25.7 Å². The first-order valence-corrected chi connectivity index (χ1v) is 22.4. The molecule has 0 radical (unpaired) electrons. The molecular formula is C50H45ClN16O4. The van der Waals surface area contributed by atoms with E-state index in [0.717, 1.165) is 36.8 Å². The Morgan fingerprint density at radius 3 is 1.59 bits per heavy atom. The number of hydrogen-bond donors (Lipinski definition) is 4. The van der Waals surface area contributed by atoms with Crippen molar-refractivity contribution in [3.63, 3.8) is 0 Å². The lowest BCUT2D eigenvalue weighted by Crippen LogP contribution is -2.09. The van der Waals surface area contributed by atoms with Gasteiger partial charge in [-0.25, -0.2) is 29.9 Å². The van der Waals surface area contributed by atoms with E-state index in [0.29, 0.717) is 90.8 Å². The molecule has 71 heavy (non-hydrogen) atoms. The smallest absolute Gasteiger partial charge is 0.184 e. The van der Waals surface area contributed by atoms with E-state index < -0.39 is 0 Å². The van der Waals surface area contributed by atoms with Crippen LogP contribution in [-0.4, -0.2) is 75.3 Å². The first kappa shape index (κ1) is 48.2. The Hall–Kier alpha value is -9.27. The SMILES string of the molecule is COc1c(Nc2cc(Cl)ncc2C(=O)C2CC2)cccc1-c1ncn(C)n1.COc1c(Nc2cc(Nc3cc(C#N)ccn3)ncc2C(=O)C2CC2)cccc1-c1ncn(C)n1.N#Cc1ccnc(N)c1. The fourth-order valence-corrected chi connectivity index (χ4v) is 7.34. The minimum absolute atomic E-state index is 0.0242. The molecule has 2 fully saturated rings. The summed E-state index contributed by atoms with van der Waals surface area (Å²) in [7, 11) is 6.77. The zero-order valence-electron chi connectivity index (χ0n) is 38.8. The number of carbonyl (C=O) groups is 2. The number of ketones is 2. The number of nitriles is 2. The van der Waals surface area contributed by atoms with E-state index >= 15 is 0 Å². The normalized spacial score (nSPS) is 12.4. The molecule has 0 saturated heterocycles. The largest absolute Gasteiger partial charge is 0.494 e. The molecule has 0 bridgehead atoms. The lowest BCUT2D eigenvalue weighted by Gasteiger charge is -2.17. The predicted molar refractivity (Wildman–Crippen MR) is 266 cm³/mol. The van der Waals surface area contributed by atoms with Crippen LogP contribution in [0.3, 0.4) is 0 Å². The summed E-state index contributed by atoms with van der Waals surface area (Å²) in [5.74, 6) is 3.81. The van der Waals surface area contributed by atoms with Gasteiger partial charge in [-0.1, -0.05) is 23.7 Å². The third kappa shape index (κ3) is 11.9. The molecular weight excluding hydrogens is 924 g/mol. The predicted octanol–water partition coefficient (Wildman–Crippen LogP) is 8.64. The summed E-state index contributed by atoms with van der Waals surface area (Å²) < 4.78 is 14.6. The molecule has 0 aliphatic heterocycles. The van der Waals surface area contributed by atoms with E-state index in [1.807, 2.05) is 42.5 Å². The molecule has 6 heterocycles. The average molecular weight is 969 g/mol. The van der Waals surface area contributed by atoms with Crippen LogP contribution < -0.4 is 31.2 Å². The van der Waals surface area contributed by atoms with Crippen molar-refractivity contribution < 1.29 is 19.1 Å². The molecule has 21 heteroatoms. The lowest BCUT2D eigenvalue weighted by atomic mass is 10.1. The first-order chi connectivity index (χ1) is 34.4. The molecule has 0 atom stereocenters. The summed E-state index contributed by atoms with van der Waals surface area (Å²) in [6.45, 7) is 0. The molecule has 10 rings (SSSR count). The highest BCUT2D eigenvalue weighted by atomic mass is 35.5. The van der Waals surface area contributed by atoms with Gasteiger partial charge in [0.05, 0.1) is 82.5 Å². The van der Waals surface area contributed by atoms with Crippen LogP contribution in [-0.2, 0) is 14.1 Å². The summed E-state index contributed by atoms with van der Waals surface area (Å²) in [6, 6.07) is 25.1. The molecule has 8 aromatic rings. The molecule has 0 spiro atoms. The second-order valence-electron chi connectivity index (χ2n) is 16.2. The van der Waals surface area contributed by atoms with Crippen LogP contribution in [0.5, 0.6) is 11.5 Å². The van der Waals surface area contributed by atoms with Crippen LogP contribution in [0.15, 0.2) is 110 Å². The van der Waals surface area contributed by atoms with Crippen molar-refractivity contribution >= 4 is 63.4 Å². The summed E-state index contributed by atoms with van der Waals surface area (Å²) in [6.07, 6.45) is 13.0. The van der Waals surface area contributed by atoms with Crippen molar-refractivity contribution in [1.29, 1.82) is 10.5 Å². The minimum Gasteiger partial charge on any atom is -0.494 e. The number of Topliss-reactive ketones (excluding diaryl/α,β-unsaturated/α-hetero) is 2. The van der Waals surface area contributed by atoms with Gasteiger partial charge in [-0.15, -0.1) is 0 Å². The quantitative estimate of drug-likeness (QED) is 0.0586. The molecule has 2 aliphatic carbocycles. The van der Waals surface area contributed by atoms with Gasteiger partial charge in [-0.05, 0) is 80.3 Å². The average Bonchev–Trinajstić information content (AvgIpc) is 4.32. The number of para-hydroxylation sites is 2. The van der Waals surface area contributed by atoms with E-state index in [9.17, 15) is 9.59 Å². The maximum atomic E-state index is 13.0. The number of aromatic nitrogens is 10. The highest BCUT2D eigenvalue weighted by Gasteiger charge is 2.33. The van der Waals surface area contributed by atoms with Crippen molar-refractivity contribution in [2.24, 2.45) is 25.9 Å². The number of rotatable bonds is 14. The molecule has 6 aromatic heterocycles. The van der Waals surface area contributed by atoms with Gasteiger partial charge in [0, 0.05) is 56.8 Å². The van der Waals surface area contributed by atoms with Crippen molar-refractivity contribution in [2.75, 3.05) is 35.9 Å². The Morgan fingerprint density at radius 1 is 0.634 bits per heavy atom. The molecule has 0 unspecified atom stereocenters. The number of nitrogen functional groups attached to an aromatic ring is 1. The maximum Gasteiger partial charge on any atom is 0.184 e. The van der Waals surface area contributed by atoms with Gasteiger partial charge >= 0.3 is 0 Å². The number of nitrogens with two attached hydrogens (primary N) is 1. The van der Waals surface area contributed by atoms with Crippen molar-refractivity contribution in [3.05, 3.63) is 138 Å². The Bertz CT molecular complexity index is 3330. The van der Waals surface area contributed by atoms with E-state index in [4.69, 9.17) is 37.3 Å². The van der Waals surface area contributed by atoms with Gasteiger partial charge in [-0.3, -0.25) is 19.0 Å². The lowest BCUT2D eigenvalue weighted by molar-refractivity contribution is 0.0960. The standard InChI is InChI=1S/C25H22N8O2.C19H18ClN5O2.C6H5N3/c1-33-14-29-25(32-33)17-4-3-5-19(24(17)35-2)30-20-11-22(28-13-18(20)23(34)16-6-7-16)31-21-10-15(12-26)8-9-27-21;1-25-10-22-19(24-25)12-4-3-5-14(18(12)27-2)23-15-8-16(20)21-9-13(15)17(26)11-6-7-11;7-4-5-1-2-9-6(8)3-5/h3-5,8-11,13-14,16H,6-7H2,1-2H3,(H2,27,28,30,31);3-5,8-11H,6-7H2,1-2H3,(H,21,23);1-3H,(H2,8,9). The molecule has 2 aromatic carbocycles. The number of nitrogens with one attached hydrogen (secondary N) is 3. The third-order valence-electron chi connectivity index (χ3n) is 10.9. The second kappa shape index (κ2) is 21.8. The molecule has 2 aliphatic rings. The van der Waals surface area contributed by atoms with Crippen molar-refractivity contribution in [3.8, 4) is 46.4 Å². The Morgan fingerprint density at radius 2 is 1.13 bits per heavy atom. The molecule has 0 amide bonds. The van der Waals surface area contributed by atoms with E-state index in [1.54, 1.807) is 93.1 Å². The van der Waals surface area contributed by atoms with E-state index in [1.165, 1.54) is 18.5 Å². The molecule has 5 N–H and O–H groups in total. The molecule has 356 valence electrons. The van der Waals surface area contributed by atoms with Gasteiger partial charge in [0.25, 0.3) is 0 Å². The summed E-state index contributed by atoms with van der Waals surface area (Å²) in [5.41, 5.74) is 11.3. The van der Waals surface area contributed by atoms with Crippen LogP contribution in [0.2, 0.25) is 5.15 Å². The number of ether oxygens (including phenoxy) is 2. The van der Waals surface area contributed by atoms with Gasteiger partial charge in [0.2, 0.25) is 0 Å². The van der Waals surface area contributed by atoms with Crippen LogP contribution >= 0.6 is 11.6 Å². The Kier molecular flexibility index (Phi) is 14.8. The number of methoxy groups -OCH3 is 2. The van der Waals surface area contributed by atoms with Gasteiger partial charge < -0.3 is 31.2 Å². The fraction of sp³-hybridized carbons (Fsp3) is 0.200. The Balaban J connectivity index is 0.000000166. The third-order valence-corrected chi connectivity index (χ3v) is 11.1. The molecule has 2 saturated carbocycles. The van der Waals surface area contributed by atoms with Gasteiger partial charge in [0.1, 0.15) is 35.3 Å². The monoisotopic (exact) mass is 968 g/mol. The first-order valence-electron chi connectivity index (χ1n) is 22.0. The number of pyridine rings is 4. The maximum absolute atomic E-state index is 13.0. The van der Waals surface area contributed by atoms with E-state index in [2.05, 4.69) is 62.1 Å². The van der Waals surface area contributed by atoms with Crippen LogP contribution in [0, 0.1) is 34.5 Å². The number of hydrogen-bond acceptors (Lipinski definition) is 18. The highest BCUT2D eigenvalue weighted by Crippen LogP contribution is 2.41. The molecule has 20 nitrogen and oxygen atoms in total. The number of aryl methyl sites for hydroxylation is 2. The van der Waals surface area contributed by atoms with Crippen molar-refractivity contribution in [1.82, 2.24) is 49.5 Å². The number of carbonyl (C=O) groups excluding carboxylic acids is 2. The van der Waals surface area contributed by atoms with Crippen LogP contribution in [0.1, 0.15) is 57.5 Å². The summed E-state index contributed by atoms with van der Waals surface area (Å²) >= 11 is 6.07. The van der Waals surface area contributed by atoms with Gasteiger partial charge in [0.15, 0.2) is 34.7 Å². The number of anilines is 7. The highest BCUT2D eigenvalue weighted by molar-refractivity contribution is 6.30. The zero-order valence-corrected chi connectivity index (χ0v) is 39.6.